The number of fused-ring (bicyclic) bond motifs is 3. The second kappa shape index (κ2) is 11.0. The molecule has 0 atom stereocenters. The van der Waals surface area contributed by atoms with Crippen molar-refractivity contribution in [3.05, 3.63) is 79.9 Å². The van der Waals surface area contributed by atoms with E-state index < -0.39 is 22.8 Å². The number of carbonyl (C=O) groups excluding carboxylic acids is 2. The fraction of sp³-hybridized carbons (Fsp3) is 0.500. The van der Waals surface area contributed by atoms with Gasteiger partial charge in [0.1, 0.15) is 0 Å². The quantitative estimate of drug-likeness (QED) is 0.230. The van der Waals surface area contributed by atoms with Crippen molar-refractivity contribution in [2.45, 2.75) is 105 Å². The van der Waals surface area contributed by atoms with E-state index in [0.717, 1.165) is 49.7 Å². The molecule has 4 nitrogen and oxygen atoms in total. The summed E-state index contributed by atoms with van der Waals surface area (Å²) in [7, 11) is 2.79. The highest BCUT2D eigenvalue weighted by Gasteiger charge is 2.41. The first-order valence-corrected chi connectivity index (χ1v) is 14.7. The number of esters is 2. The smallest absolute Gasteiger partial charge is 0.339 e. The van der Waals surface area contributed by atoms with Gasteiger partial charge < -0.3 is 9.47 Å². The van der Waals surface area contributed by atoms with Crippen molar-refractivity contribution in [3.63, 3.8) is 0 Å². The second-order valence-corrected chi connectivity index (χ2v) is 13.3. The molecule has 0 fully saturated rings. The van der Waals surface area contributed by atoms with Crippen LogP contribution >= 0.6 is 0 Å². The number of carbonyl (C=O) groups is 2. The largest absolute Gasteiger partial charge is 0.465 e. The highest BCUT2D eigenvalue weighted by atomic mass is 16.5. The maximum absolute atomic E-state index is 13.6. The normalized spacial score (nSPS) is 13.2. The molecule has 0 aromatic heterocycles. The van der Waals surface area contributed by atoms with Crippen molar-refractivity contribution in [1.82, 2.24) is 0 Å². The van der Waals surface area contributed by atoms with E-state index in [1.165, 1.54) is 58.4 Å². The zero-order valence-electron chi connectivity index (χ0n) is 26.2. The first-order valence-electron chi connectivity index (χ1n) is 14.7. The molecule has 4 heteroatoms. The fourth-order valence-corrected chi connectivity index (χ4v) is 7.06. The fourth-order valence-electron chi connectivity index (χ4n) is 7.06. The van der Waals surface area contributed by atoms with Gasteiger partial charge in [0.25, 0.3) is 0 Å². The van der Waals surface area contributed by atoms with Gasteiger partial charge in [-0.25, -0.2) is 9.59 Å². The summed E-state index contributed by atoms with van der Waals surface area (Å²) in [6.45, 7) is 17.2. The van der Waals surface area contributed by atoms with Crippen LogP contribution < -0.4 is 0 Å². The number of rotatable bonds is 6. The van der Waals surface area contributed by atoms with Gasteiger partial charge in [0.2, 0.25) is 0 Å². The minimum Gasteiger partial charge on any atom is -0.465 e. The first kappa shape index (κ1) is 29.8. The minimum absolute atomic E-state index is 0.362. The molecule has 4 rings (SSSR count). The Morgan fingerprint density at radius 2 is 1.00 bits per heavy atom. The van der Waals surface area contributed by atoms with Crippen molar-refractivity contribution in [2.75, 3.05) is 14.2 Å². The van der Waals surface area contributed by atoms with Gasteiger partial charge in [-0.1, -0.05) is 92.5 Å². The number of methoxy groups -OCH3 is 2. The Bertz CT molecular complexity index is 1370. The van der Waals surface area contributed by atoms with E-state index in [1.54, 1.807) is 0 Å². The van der Waals surface area contributed by atoms with E-state index in [2.05, 4.69) is 79.7 Å². The summed E-state index contributed by atoms with van der Waals surface area (Å²) >= 11 is 0. The molecule has 0 amide bonds. The molecule has 3 aromatic carbocycles. The van der Waals surface area contributed by atoms with Crippen LogP contribution in [-0.2, 0) is 46.0 Å². The third-order valence-electron chi connectivity index (χ3n) is 8.37. The molecular weight excluding hydrogens is 496 g/mol. The third-order valence-corrected chi connectivity index (χ3v) is 8.37. The lowest BCUT2D eigenvalue weighted by atomic mass is 9.65. The topological polar surface area (TPSA) is 52.6 Å². The van der Waals surface area contributed by atoms with Crippen LogP contribution in [0.1, 0.15) is 133 Å². The lowest BCUT2D eigenvalue weighted by Crippen LogP contribution is -2.32. The first-order chi connectivity index (χ1) is 18.8. The predicted molar refractivity (Wildman–Crippen MR) is 164 cm³/mol. The van der Waals surface area contributed by atoms with Crippen LogP contribution in [0.3, 0.4) is 0 Å². The molecule has 1 aliphatic rings. The molecule has 0 unspecified atom stereocenters. The van der Waals surface area contributed by atoms with Gasteiger partial charge in [-0.3, -0.25) is 0 Å². The monoisotopic (exact) mass is 542 g/mol. The van der Waals surface area contributed by atoms with E-state index >= 15 is 0 Å². The predicted octanol–water partition coefficient (Wildman–Crippen LogP) is 8.41. The van der Waals surface area contributed by atoms with Crippen LogP contribution in [0.2, 0.25) is 0 Å². The Kier molecular flexibility index (Phi) is 8.23. The lowest BCUT2D eigenvalue weighted by Gasteiger charge is -2.38. The summed E-state index contributed by atoms with van der Waals surface area (Å²) < 4.78 is 10.7. The molecule has 0 heterocycles. The number of hydrogen-bond donors (Lipinski definition) is 0. The number of ether oxygens (including phenoxy) is 2. The minimum atomic E-state index is -0.483. The van der Waals surface area contributed by atoms with Crippen LogP contribution in [0, 0.1) is 0 Å². The van der Waals surface area contributed by atoms with Gasteiger partial charge in [0.15, 0.2) is 0 Å². The van der Waals surface area contributed by atoms with E-state index in [-0.39, 0.29) is 0 Å². The molecule has 0 spiro atoms. The average Bonchev–Trinajstić information content (AvgIpc) is 2.90. The van der Waals surface area contributed by atoms with Gasteiger partial charge in [-0.15, -0.1) is 0 Å². The molecule has 0 saturated carbocycles. The van der Waals surface area contributed by atoms with Crippen LogP contribution in [0.25, 0.3) is 10.8 Å². The summed E-state index contributed by atoms with van der Waals surface area (Å²) in [4.78, 5) is 27.2. The highest BCUT2D eigenvalue weighted by molar-refractivity contribution is 6.07. The van der Waals surface area contributed by atoms with Crippen LogP contribution in [-0.4, -0.2) is 26.2 Å². The standard InChI is InChI=1S/C36H46O4/c1-11-15-21-23-17-13-14-18-24(23)22(16-12-2)26-20-28-27(19-25(21)26)31(35(3,4)5)29(33(37)39-9)30(34(38)40-10)32(28)36(6,7)8/h13-14,17-18H,11-12,15-16,19-20H2,1-10H3. The highest BCUT2D eigenvalue weighted by Crippen LogP contribution is 2.47. The zero-order valence-corrected chi connectivity index (χ0v) is 26.2. The van der Waals surface area contributed by atoms with Crippen LogP contribution in [0.4, 0.5) is 0 Å². The third kappa shape index (κ3) is 4.95. The van der Waals surface area contributed by atoms with Crippen LogP contribution in [0.15, 0.2) is 24.3 Å². The Balaban J connectivity index is 2.26. The Morgan fingerprint density at radius 3 is 1.27 bits per heavy atom. The Labute approximate surface area is 240 Å². The Morgan fingerprint density at radius 1 is 0.650 bits per heavy atom. The molecule has 214 valence electrons. The van der Waals surface area contributed by atoms with Crippen molar-refractivity contribution < 1.29 is 19.1 Å². The molecule has 0 bridgehead atoms. The van der Waals surface area contributed by atoms with Crippen molar-refractivity contribution in [3.8, 4) is 0 Å². The summed E-state index contributed by atoms with van der Waals surface area (Å²) in [6, 6.07) is 8.86. The average molecular weight is 543 g/mol. The second-order valence-electron chi connectivity index (χ2n) is 13.3. The molecule has 0 aliphatic heterocycles. The van der Waals surface area contributed by atoms with Crippen LogP contribution in [0.5, 0.6) is 0 Å². The summed E-state index contributed by atoms with van der Waals surface area (Å²) in [5, 5.41) is 2.70. The maximum atomic E-state index is 13.6. The van der Waals surface area contributed by atoms with E-state index in [9.17, 15) is 9.59 Å². The number of hydrogen-bond acceptors (Lipinski definition) is 4. The van der Waals surface area contributed by atoms with Crippen molar-refractivity contribution in [2.24, 2.45) is 0 Å². The van der Waals surface area contributed by atoms with Gasteiger partial charge >= 0.3 is 11.9 Å². The molecule has 1 aliphatic carbocycles. The summed E-state index contributed by atoms with van der Waals surface area (Å²) in [6.07, 6.45) is 5.61. The zero-order chi connectivity index (χ0) is 29.6. The molecule has 40 heavy (non-hydrogen) atoms. The molecular formula is C36H46O4. The summed E-state index contributed by atoms with van der Waals surface area (Å²) in [5.41, 5.74) is 9.73. The van der Waals surface area contributed by atoms with Crippen molar-refractivity contribution >= 4 is 22.7 Å². The van der Waals surface area contributed by atoms with Gasteiger partial charge in [-0.2, -0.15) is 0 Å². The lowest BCUT2D eigenvalue weighted by molar-refractivity contribution is 0.0550. The molecule has 0 N–H and O–H groups in total. The van der Waals surface area contributed by atoms with Crippen molar-refractivity contribution in [1.29, 1.82) is 0 Å². The van der Waals surface area contributed by atoms with Gasteiger partial charge in [-0.05, 0) is 91.8 Å². The van der Waals surface area contributed by atoms with Gasteiger partial charge in [0, 0.05) is 0 Å². The van der Waals surface area contributed by atoms with E-state index in [4.69, 9.17) is 9.47 Å². The molecule has 3 aromatic rings. The maximum Gasteiger partial charge on any atom is 0.339 e. The summed E-state index contributed by atoms with van der Waals surface area (Å²) in [5.74, 6) is -0.966. The molecule has 0 radical (unpaired) electrons. The number of benzene rings is 3. The van der Waals surface area contributed by atoms with E-state index in [0.29, 0.717) is 11.1 Å². The SMILES string of the molecule is CCCc1c2c(c(CCC)c3ccccc13)Cc1c(c(C(C)(C)C)c(C(=O)OC)c(C(=O)OC)c1C(C)(C)C)C2. The van der Waals surface area contributed by atoms with E-state index in [1.807, 2.05) is 0 Å². The number of aryl methyl sites for hydroxylation is 2. The molecule has 0 saturated heterocycles. The van der Waals surface area contributed by atoms with Gasteiger partial charge in [0.05, 0.1) is 25.3 Å². The Hall–Kier alpha value is -3.14.